The fourth-order valence-electron chi connectivity index (χ4n) is 3.06. The number of nitrogens with one attached hydrogen (secondary N) is 1. The highest BCUT2D eigenvalue weighted by atomic mass is 35.5. The molecule has 1 N–H and O–H groups in total. The number of hydrogen-bond donors (Lipinski definition) is 1. The number of amides is 4. The summed E-state index contributed by atoms with van der Waals surface area (Å²) < 4.78 is 5.61. The van der Waals surface area contributed by atoms with Crippen molar-refractivity contribution in [1.82, 2.24) is 5.32 Å². The average Bonchev–Trinajstić information content (AvgIpc) is 3.20. The van der Waals surface area contributed by atoms with Gasteiger partial charge in [-0.15, -0.1) is 0 Å². The van der Waals surface area contributed by atoms with Crippen LogP contribution in [-0.2, 0) is 9.59 Å². The number of nitrogens with zero attached hydrogens (tertiary/aromatic N) is 2. The average molecular weight is 472 g/mol. The molecule has 0 aliphatic carbocycles. The molecule has 1 aliphatic heterocycles. The molecule has 0 bridgehead atoms. The van der Waals surface area contributed by atoms with E-state index in [0.717, 1.165) is 11.0 Å². The number of urea groups is 1. The Morgan fingerprint density at radius 2 is 1.66 bits per heavy atom. The maximum Gasteiger partial charge on any atom is 0.335 e. The third-order valence-corrected chi connectivity index (χ3v) is 5.01. The third-order valence-electron chi connectivity index (χ3n) is 4.52. The van der Waals surface area contributed by atoms with Crippen molar-refractivity contribution in [1.29, 1.82) is 0 Å². The van der Waals surface area contributed by atoms with E-state index in [2.05, 4.69) is 5.32 Å². The van der Waals surface area contributed by atoms with Gasteiger partial charge in [0, 0.05) is 16.1 Å². The predicted molar refractivity (Wildman–Crippen MR) is 116 cm³/mol. The summed E-state index contributed by atoms with van der Waals surface area (Å²) in [5.74, 6) is -1.56. The predicted octanol–water partition coefficient (Wildman–Crippen LogP) is 4.83. The summed E-state index contributed by atoms with van der Waals surface area (Å²) in [5, 5.41) is 14.0. The number of nitro groups is 1. The highest BCUT2D eigenvalue weighted by molar-refractivity contribution is 6.39. The first-order valence-electron chi connectivity index (χ1n) is 8.96. The van der Waals surface area contributed by atoms with Crippen LogP contribution in [0, 0.1) is 10.1 Å². The Labute approximate surface area is 190 Å². The van der Waals surface area contributed by atoms with Crippen molar-refractivity contribution >= 4 is 58.5 Å². The van der Waals surface area contributed by atoms with Crippen molar-refractivity contribution in [3.63, 3.8) is 0 Å². The Balaban J connectivity index is 1.70. The van der Waals surface area contributed by atoms with Gasteiger partial charge >= 0.3 is 6.03 Å². The van der Waals surface area contributed by atoms with Gasteiger partial charge in [0.1, 0.15) is 17.1 Å². The Morgan fingerprint density at radius 3 is 2.34 bits per heavy atom. The molecular formula is C21H11Cl2N3O6. The van der Waals surface area contributed by atoms with E-state index in [1.807, 2.05) is 0 Å². The number of rotatable bonds is 4. The molecule has 4 amide bonds. The Bertz CT molecular complexity index is 1310. The van der Waals surface area contributed by atoms with Crippen molar-refractivity contribution in [3.05, 3.63) is 86.1 Å². The number of carbonyl (C=O) groups is 3. The van der Waals surface area contributed by atoms with Gasteiger partial charge in [-0.05, 0) is 54.6 Å². The van der Waals surface area contributed by atoms with Gasteiger partial charge in [0.25, 0.3) is 17.5 Å². The van der Waals surface area contributed by atoms with Gasteiger partial charge in [0.05, 0.1) is 16.2 Å². The number of halogens is 2. The zero-order valence-electron chi connectivity index (χ0n) is 15.9. The summed E-state index contributed by atoms with van der Waals surface area (Å²) in [7, 11) is 0. The van der Waals surface area contributed by atoms with E-state index in [4.69, 9.17) is 27.6 Å². The molecule has 1 aliphatic rings. The van der Waals surface area contributed by atoms with Crippen LogP contribution in [0.1, 0.15) is 5.76 Å². The van der Waals surface area contributed by atoms with Gasteiger partial charge < -0.3 is 4.42 Å². The van der Waals surface area contributed by atoms with Crippen LogP contribution in [0.4, 0.5) is 16.2 Å². The van der Waals surface area contributed by atoms with Gasteiger partial charge in [-0.1, -0.05) is 23.2 Å². The molecule has 2 aromatic carbocycles. The number of anilines is 1. The Hall–Kier alpha value is -3.95. The molecule has 1 aromatic heterocycles. The van der Waals surface area contributed by atoms with E-state index in [-0.39, 0.29) is 39.1 Å². The van der Waals surface area contributed by atoms with Gasteiger partial charge in [0.2, 0.25) is 0 Å². The smallest absolute Gasteiger partial charge is 0.335 e. The van der Waals surface area contributed by atoms with E-state index in [1.165, 1.54) is 54.6 Å². The first-order valence-corrected chi connectivity index (χ1v) is 9.71. The molecule has 1 fully saturated rings. The summed E-state index contributed by atoms with van der Waals surface area (Å²) >= 11 is 11.7. The zero-order chi connectivity index (χ0) is 23.0. The van der Waals surface area contributed by atoms with Crippen LogP contribution in [0.3, 0.4) is 0 Å². The van der Waals surface area contributed by atoms with Crippen LogP contribution in [0.15, 0.2) is 64.6 Å². The van der Waals surface area contributed by atoms with Crippen LogP contribution in [-0.4, -0.2) is 22.8 Å². The van der Waals surface area contributed by atoms with Crippen molar-refractivity contribution in [2.45, 2.75) is 0 Å². The fourth-order valence-corrected chi connectivity index (χ4v) is 3.36. The monoisotopic (exact) mass is 471 g/mol. The lowest BCUT2D eigenvalue weighted by Crippen LogP contribution is -2.54. The van der Waals surface area contributed by atoms with Crippen molar-refractivity contribution < 1.29 is 23.7 Å². The van der Waals surface area contributed by atoms with E-state index in [9.17, 15) is 24.5 Å². The Kier molecular flexibility index (Phi) is 5.52. The topological polar surface area (TPSA) is 123 Å². The normalized spacial score (nSPS) is 15.2. The molecule has 11 heteroatoms. The largest absolute Gasteiger partial charge is 0.456 e. The molecule has 4 rings (SSSR count). The van der Waals surface area contributed by atoms with Crippen LogP contribution < -0.4 is 10.2 Å². The standard InChI is InChI=1S/C21H11Cl2N3O6/c22-11-1-4-13(5-2-11)25-20(28)16(19(27)24-21(25)29)10-14-6-8-18(32-14)15-7-3-12(23)9-17(15)26(30)31/h1-10H,(H,24,27,29)/b16-10+. The number of carbonyl (C=O) groups excluding carboxylic acids is 3. The van der Waals surface area contributed by atoms with Gasteiger partial charge in [-0.3, -0.25) is 25.0 Å². The molecule has 1 saturated heterocycles. The van der Waals surface area contributed by atoms with Crippen LogP contribution in [0.5, 0.6) is 0 Å². The number of furan rings is 1. The third kappa shape index (κ3) is 3.98. The molecule has 0 atom stereocenters. The van der Waals surface area contributed by atoms with Crippen molar-refractivity contribution in [2.24, 2.45) is 0 Å². The highest BCUT2D eigenvalue weighted by Gasteiger charge is 2.37. The van der Waals surface area contributed by atoms with Crippen LogP contribution in [0.2, 0.25) is 10.0 Å². The second kappa shape index (κ2) is 8.29. The summed E-state index contributed by atoms with van der Waals surface area (Å²) in [6.07, 6.45) is 1.15. The first-order chi connectivity index (χ1) is 15.2. The SMILES string of the molecule is O=C1NC(=O)N(c2ccc(Cl)cc2)C(=O)/C1=C/c1ccc(-c2ccc(Cl)cc2[N+](=O)[O-])o1. The quantitative estimate of drug-likeness (QED) is 0.251. The molecule has 160 valence electrons. The van der Waals surface area contributed by atoms with E-state index < -0.39 is 22.8 Å². The molecule has 0 unspecified atom stereocenters. The second-order valence-corrected chi connectivity index (χ2v) is 7.43. The van der Waals surface area contributed by atoms with Crippen molar-refractivity contribution in [3.8, 4) is 11.3 Å². The molecule has 0 spiro atoms. The minimum Gasteiger partial charge on any atom is -0.456 e. The van der Waals surface area contributed by atoms with Crippen LogP contribution >= 0.6 is 23.2 Å². The lowest BCUT2D eigenvalue weighted by molar-refractivity contribution is -0.384. The second-order valence-electron chi connectivity index (χ2n) is 6.55. The fraction of sp³-hybridized carbons (Fsp3) is 0. The molecule has 9 nitrogen and oxygen atoms in total. The van der Waals surface area contributed by atoms with E-state index in [1.54, 1.807) is 0 Å². The summed E-state index contributed by atoms with van der Waals surface area (Å²) in [6.45, 7) is 0. The van der Waals surface area contributed by atoms with Gasteiger partial charge in [0.15, 0.2) is 0 Å². The summed E-state index contributed by atoms with van der Waals surface area (Å²) in [4.78, 5) is 48.9. The number of hydrogen-bond acceptors (Lipinski definition) is 6. The lowest BCUT2D eigenvalue weighted by Gasteiger charge is -2.26. The van der Waals surface area contributed by atoms with Gasteiger partial charge in [-0.2, -0.15) is 0 Å². The lowest BCUT2D eigenvalue weighted by atomic mass is 10.1. The minimum atomic E-state index is -0.906. The number of nitro benzene ring substituents is 1. The molecule has 0 saturated carbocycles. The maximum absolute atomic E-state index is 12.9. The molecular weight excluding hydrogens is 461 g/mol. The van der Waals surface area contributed by atoms with E-state index in [0.29, 0.717) is 5.02 Å². The molecule has 0 radical (unpaired) electrons. The molecule has 32 heavy (non-hydrogen) atoms. The number of imide groups is 2. The number of benzene rings is 2. The highest BCUT2D eigenvalue weighted by Crippen LogP contribution is 2.34. The zero-order valence-corrected chi connectivity index (χ0v) is 17.4. The van der Waals surface area contributed by atoms with Crippen LogP contribution in [0.25, 0.3) is 17.4 Å². The summed E-state index contributed by atoms with van der Waals surface area (Å²) in [6, 6.07) is 12.0. The maximum atomic E-state index is 12.9. The first kappa shape index (κ1) is 21.3. The van der Waals surface area contributed by atoms with Gasteiger partial charge in [-0.25, -0.2) is 9.69 Å². The minimum absolute atomic E-state index is 0.0770. The molecule has 3 aromatic rings. The van der Waals surface area contributed by atoms with Crippen molar-refractivity contribution in [2.75, 3.05) is 4.90 Å². The molecule has 2 heterocycles. The van der Waals surface area contributed by atoms with E-state index >= 15 is 0 Å². The summed E-state index contributed by atoms with van der Waals surface area (Å²) in [5.41, 5.74) is -0.239. The Morgan fingerprint density at radius 1 is 0.969 bits per heavy atom. The number of barbiturate groups is 1.